The first kappa shape index (κ1) is 19.0. The molecule has 1 fully saturated rings. The molecule has 6 nitrogen and oxygen atoms in total. The molecule has 1 saturated heterocycles. The predicted molar refractivity (Wildman–Crippen MR) is 101 cm³/mol. The normalized spacial score (nSPS) is 27.4. The summed E-state index contributed by atoms with van der Waals surface area (Å²) in [5, 5.41) is 23.6. The fraction of sp³-hybridized carbons (Fsp3) is 0.250. The number of primary amides is 1. The van der Waals surface area contributed by atoms with Crippen LogP contribution in [0, 0.1) is 23.2 Å². The van der Waals surface area contributed by atoms with E-state index in [1.807, 2.05) is 18.4 Å². The number of nitrogens with zero attached hydrogens (tertiary/aromatic N) is 1. The van der Waals surface area contributed by atoms with Crippen molar-refractivity contribution in [3.63, 3.8) is 0 Å². The maximum absolute atomic E-state index is 12.7. The molecule has 1 aliphatic rings. The highest BCUT2D eigenvalue weighted by Crippen LogP contribution is 2.45. The van der Waals surface area contributed by atoms with Crippen LogP contribution in [0.4, 0.5) is 0 Å². The van der Waals surface area contributed by atoms with E-state index in [0.717, 1.165) is 4.90 Å². The Labute approximate surface area is 161 Å². The quantitative estimate of drug-likeness (QED) is 0.551. The molecule has 4 N–H and O–H groups in total. The minimum Gasteiger partial charge on any atom is -0.369 e. The van der Waals surface area contributed by atoms with E-state index < -0.39 is 35.3 Å². The highest BCUT2D eigenvalue weighted by molar-refractivity contribution is 7.98. The molecule has 0 aliphatic carbocycles. The van der Waals surface area contributed by atoms with Crippen LogP contribution < -0.4 is 11.1 Å². The summed E-state index contributed by atoms with van der Waals surface area (Å²) in [5.41, 5.74) is 4.54. The minimum atomic E-state index is -1.93. The number of hydrogen-bond acceptors (Lipinski definition) is 5. The van der Waals surface area contributed by atoms with Crippen LogP contribution >= 0.6 is 11.8 Å². The van der Waals surface area contributed by atoms with E-state index in [4.69, 9.17) is 5.73 Å². The third-order valence-electron chi connectivity index (χ3n) is 4.92. The molecular formula is C20H19N3O3S. The van der Waals surface area contributed by atoms with Gasteiger partial charge in [0.05, 0.1) is 6.07 Å². The molecule has 138 valence electrons. The Hall–Kier alpha value is -2.82. The lowest BCUT2D eigenvalue weighted by Gasteiger charge is -2.44. The van der Waals surface area contributed by atoms with Crippen molar-refractivity contribution in [2.75, 3.05) is 6.26 Å². The van der Waals surface area contributed by atoms with Gasteiger partial charge in [0, 0.05) is 16.4 Å². The monoisotopic (exact) mass is 381 g/mol. The SMILES string of the molecule is CSc1ccc([C@H]2[C@@H](C(N)=O)C(=O)N[C@@](O)(c3ccccc3)[C@@H]2C#N)cc1. The second-order valence-electron chi connectivity index (χ2n) is 6.41. The van der Waals surface area contributed by atoms with Gasteiger partial charge in [0.25, 0.3) is 0 Å². The summed E-state index contributed by atoms with van der Waals surface area (Å²) in [6.45, 7) is 0. The Kier molecular flexibility index (Phi) is 5.22. The number of nitrogens with one attached hydrogen (secondary N) is 1. The van der Waals surface area contributed by atoms with Crippen LogP contribution in [0.25, 0.3) is 0 Å². The van der Waals surface area contributed by atoms with E-state index in [9.17, 15) is 20.0 Å². The van der Waals surface area contributed by atoms with Gasteiger partial charge in [-0.15, -0.1) is 11.8 Å². The van der Waals surface area contributed by atoms with Gasteiger partial charge in [-0.1, -0.05) is 42.5 Å². The maximum atomic E-state index is 12.7. The number of carbonyl (C=O) groups excluding carboxylic acids is 2. The van der Waals surface area contributed by atoms with Crippen LogP contribution in [0.5, 0.6) is 0 Å². The predicted octanol–water partition coefficient (Wildman–Crippen LogP) is 1.71. The van der Waals surface area contributed by atoms with Crippen molar-refractivity contribution in [3.8, 4) is 6.07 Å². The number of amides is 2. The first-order chi connectivity index (χ1) is 12.9. The van der Waals surface area contributed by atoms with Crippen LogP contribution in [0.15, 0.2) is 59.5 Å². The second-order valence-corrected chi connectivity index (χ2v) is 7.29. The van der Waals surface area contributed by atoms with Crippen LogP contribution in [-0.2, 0) is 15.3 Å². The third kappa shape index (κ3) is 3.29. The second kappa shape index (κ2) is 7.43. The van der Waals surface area contributed by atoms with Crippen molar-refractivity contribution in [3.05, 3.63) is 65.7 Å². The number of carbonyl (C=O) groups is 2. The van der Waals surface area contributed by atoms with Gasteiger partial charge in [0.15, 0.2) is 5.72 Å². The first-order valence-corrected chi connectivity index (χ1v) is 9.57. The zero-order valence-corrected chi connectivity index (χ0v) is 15.4. The Morgan fingerprint density at radius 1 is 1.22 bits per heavy atom. The Morgan fingerprint density at radius 2 is 1.85 bits per heavy atom. The molecule has 3 rings (SSSR count). The van der Waals surface area contributed by atoms with Gasteiger partial charge in [-0.25, -0.2) is 0 Å². The number of rotatable bonds is 4. The van der Waals surface area contributed by atoms with Crippen molar-refractivity contribution >= 4 is 23.6 Å². The van der Waals surface area contributed by atoms with Crippen LogP contribution in [-0.4, -0.2) is 23.2 Å². The molecule has 2 amide bonds. The van der Waals surface area contributed by atoms with Gasteiger partial charge in [0.2, 0.25) is 11.8 Å². The van der Waals surface area contributed by atoms with Gasteiger partial charge < -0.3 is 16.2 Å². The zero-order valence-electron chi connectivity index (χ0n) is 14.6. The number of nitrogens with two attached hydrogens (primary N) is 1. The van der Waals surface area contributed by atoms with E-state index in [2.05, 4.69) is 11.4 Å². The Morgan fingerprint density at radius 3 is 2.37 bits per heavy atom. The van der Waals surface area contributed by atoms with Crippen LogP contribution in [0.2, 0.25) is 0 Å². The largest absolute Gasteiger partial charge is 0.369 e. The molecule has 2 aromatic rings. The average molecular weight is 381 g/mol. The lowest BCUT2D eigenvalue weighted by atomic mass is 9.67. The van der Waals surface area contributed by atoms with Crippen molar-refractivity contribution < 1.29 is 14.7 Å². The average Bonchev–Trinajstić information content (AvgIpc) is 2.68. The molecule has 1 heterocycles. The van der Waals surface area contributed by atoms with Crippen molar-refractivity contribution in [2.24, 2.45) is 17.6 Å². The molecule has 27 heavy (non-hydrogen) atoms. The molecule has 4 atom stereocenters. The lowest BCUT2D eigenvalue weighted by molar-refractivity contribution is -0.153. The molecule has 0 radical (unpaired) electrons. The molecule has 0 unspecified atom stereocenters. The molecule has 0 spiro atoms. The van der Waals surface area contributed by atoms with E-state index in [0.29, 0.717) is 11.1 Å². The van der Waals surface area contributed by atoms with E-state index in [1.54, 1.807) is 54.2 Å². The minimum absolute atomic E-state index is 0.374. The smallest absolute Gasteiger partial charge is 0.235 e. The van der Waals surface area contributed by atoms with E-state index in [-0.39, 0.29) is 0 Å². The highest BCUT2D eigenvalue weighted by Gasteiger charge is 2.55. The third-order valence-corrected chi connectivity index (χ3v) is 5.67. The fourth-order valence-electron chi connectivity index (χ4n) is 3.59. The highest BCUT2D eigenvalue weighted by atomic mass is 32.2. The summed E-state index contributed by atoms with van der Waals surface area (Å²) in [7, 11) is 0. The molecule has 0 bridgehead atoms. The Balaban J connectivity index is 2.16. The summed E-state index contributed by atoms with van der Waals surface area (Å²) in [6, 6.07) is 17.8. The lowest BCUT2D eigenvalue weighted by Crippen LogP contribution is -2.62. The number of thioether (sulfide) groups is 1. The first-order valence-electron chi connectivity index (χ1n) is 8.35. The van der Waals surface area contributed by atoms with Gasteiger partial charge in [-0.05, 0) is 24.0 Å². The summed E-state index contributed by atoms with van der Waals surface area (Å²) >= 11 is 1.55. The Bertz CT molecular complexity index is 895. The number of benzene rings is 2. The summed E-state index contributed by atoms with van der Waals surface area (Å²) < 4.78 is 0. The molecule has 2 aromatic carbocycles. The topological polar surface area (TPSA) is 116 Å². The van der Waals surface area contributed by atoms with Gasteiger partial charge >= 0.3 is 0 Å². The van der Waals surface area contributed by atoms with Gasteiger partial charge in [-0.3, -0.25) is 9.59 Å². The van der Waals surface area contributed by atoms with Crippen molar-refractivity contribution in [2.45, 2.75) is 16.5 Å². The van der Waals surface area contributed by atoms with Crippen LogP contribution in [0.3, 0.4) is 0 Å². The standard InChI is InChI=1S/C20H19N3O3S/c1-27-14-9-7-12(8-10-14)16-15(11-21)20(26,13-5-3-2-4-6-13)23-19(25)17(16)18(22)24/h2-10,15-17,26H,1H3,(H2,22,24)(H,23,25)/t15-,16-,17+,20-/m1/s1. The molecule has 7 heteroatoms. The number of nitriles is 1. The number of hydrogen-bond donors (Lipinski definition) is 3. The van der Waals surface area contributed by atoms with Crippen molar-refractivity contribution in [1.82, 2.24) is 5.32 Å². The van der Waals surface area contributed by atoms with Gasteiger partial charge in [0.1, 0.15) is 11.8 Å². The molecular weight excluding hydrogens is 362 g/mol. The van der Waals surface area contributed by atoms with Gasteiger partial charge in [-0.2, -0.15) is 5.26 Å². The van der Waals surface area contributed by atoms with E-state index in [1.165, 1.54) is 0 Å². The van der Waals surface area contributed by atoms with Crippen molar-refractivity contribution in [1.29, 1.82) is 5.26 Å². The molecule has 1 aliphatic heterocycles. The molecule has 0 saturated carbocycles. The number of aliphatic hydroxyl groups is 1. The summed E-state index contributed by atoms with van der Waals surface area (Å²) in [5.74, 6) is -4.75. The number of piperidine rings is 1. The summed E-state index contributed by atoms with van der Waals surface area (Å²) in [4.78, 5) is 25.8. The van der Waals surface area contributed by atoms with E-state index >= 15 is 0 Å². The maximum Gasteiger partial charge on any atom is 0.235 e. The summed E-state index contributed by atoms with van der Waals surface area (Å²) in [6.07, 6.45) is 1.93. The zero-order chi connectivity index (χ0) is 19.6. The molecule has 0 aromatic heterocycles. The fourth-order valence-corrected chi connectivity index (χ4v) is 4.00. The van der Waals surface area contributed by atoms with Crippen LogP contribution in [0.1, 0.15) is 17.0 Å².